The summed E-state index contributed by atoms with van der Waals surface area (Å²) >= 11 is 0. The van der Waals surface area contributed by atoms with Crippen molar-refractivity contribution in [3.8, 4) is 5.75 Å². The van der Waals surface area contributed by atoms with E-state index in [1.807, 2.05) is 6.07 Å². The predicted molar refractivity (Wildman–Crippen MR) is 89.0 cm³/mol. The van der Waals surface area contributed by atoms with E-state index < -0.39 is 16.4 Å². The van der Waals surface area contributed by atoms with Crippen molar-refractivity contribution in [3.63, 3.8) is 0 Å². The number of halogens is 3. The Morgan fingerprint density at radius 3 is 2.20 bits per heavy atom. The molecule has 0 N–H and O–H groups in total. The van der Waals surface area contributed by atoms with Crippen LogP contribution in [0.1, 0.15) is 11.1 Å². The van der Waals surface area contributed by atoms with Crippen LogP contribution in [-0.2, 0) is 16.6 Å². The van der Waals surface area contributed by atoms with Gasteiger partial charge in [-0.3, -0.25) is 0 Å². The summed E-state index contributed by atoms with van der Waals surface area (Å²) < 4.78 is 65.7. The van der Waals surface area contributed by atoms with Crippen molar-refractivity contribution in [1.29, 1.82) is 0 Å². The molecule has 2 aromatic carbocycles. The van der Waals surface area contributed by atoms with Crippen LogP contribution >= 0.6 is 0 Å². The highest BCUT2D eigenvalue weighted by molar-refractivity contribution is 7.92. The first-order valence-electron chi connectivity index (χ1n) is 7.20. The lowest BCUT2D eigenvalue weighted by molar-refractivity contribution is -0.274. The van der Waals surface area contributed by atoms with Crippen molar-refractivity contribution in [2.45, 2.75) is 12.9 Å². The van der Waals surface area contributed by atoms with Crippen LogP contribution < -0.4 is 4.74 Å². The molecule has 0 aromatic heterocycles. The Labute approximate surface area is 144 Å². The van der Waals surface area contributed by atoms with E-state index in [2.05, 4.69) is 4.74 Å². The average Bonchev–Trinajstić information content (AvgIpc) is 2.54. The van der Waals surface area contributed by atoms with Gasteiger partial charge in [-0.25, -0.2) is 8.42 Å². The highest BCUT2D eigenvalue weighted by Crippen LogP contribution is 2.23. The van der Waals surface area contributed by atoms with Crippen molar-refractivity contribution in [2.24, 2.45) is 0 Å². The number of sulfonamides is 1. The maximum atomic E-state index is 12.2. The fourth-order valence-electron chi connectivity index (χ4n) is 1.98. The van der Waals surface area contributed by atoms with Gasteiger partial charge in [0.25, 0.3) is 0 Å². The van der Waals surface area contributed by atoms with E-state index in [1.54, 1.807) is 24.3 Å². The molecule has 0 atom stereocenters. The van der Waals surface area contributed by atoms with Crippen LogP contribution in [0.3, 0.4) is 0 Å². The van der Waals surface area contributed by atoms with Crippen LogP contribution in [0.2, 0.25) is 0 Å². The first-order valence-corrected chi connectivity index (χ1v) is 8.70. The van der Waals surface area contributed by atoms with E-state index in [9.17, 15) is 21.6 Å². The lowest BCUT2D eigenvalue weighted by Gasteiger charge is -2.15. The Morgan fingerprint density at radius 2 is 1.64 bits per heavy atom. The quantitative estimate of drug-likeness (QED) is 0.771. The van der Waals surface area contributed by atoms with Crippen LogP contribution in [0.25, 0.3) is 6.08 Å². The average molecular weight is 371 g/mol. The highest BCUT2D eigenvalue weighted by atomic mass is 32.2. The Hall–Kier alpha value is -2.32. The standard InChI is InChI=1S/C17H16F3NO3S/c1-21(25(22,23)12-11-14-5-3-2-4-6-14)13-15-7-9-16(10-8-15)24-17(18,19)20/h2-12H,13H2,1H3. The van der Waals surface area contributed by atoms with E-state index in [4.69, 9.17) is 0 Å². The molecule has 0 aliphatic heterocycles. The molecule has 0 fully saturated rings. The van der Waals surface area contributed by atoms with Gasteiger partial charge in [0, 0.05) is 19.0 Å². The van der Waals surface area contributed by atoms with Crippen LogP contribution in [0.4, 0.5) is 13.2 Å². The van der Waals surface area contributed by atoms with Crippen molar-refractivity contribution in [1.82, 2.24) is 4.31 Å². The first kappa shape index (κ1) is 19.0. The third-order valence-electron chi connectivity index (χ3n) is 3.23. The van der Waals surface area contributed by atoms with Crippen LogP contribution in [0.5, 0.6) is 5.75 Å². The molecular formula is C17H16F3NO3S. The number of ether oxygens (including phenoxy) is 1. The molecule has 8 heteroatoms. The highest BCUT2D eigenvalue weighted by Gasteiger charge is 2.31. The van der Waals surface area contributed by atoms with Gasteiger partial charge in [0.1, 0.15) is 5.75 Å². The van der Waals surface area contributed by atoms with Crippen LogP contribution in [0.15, 0.2) is 60.0 Å². The van der Waals surface area contributed by atoms with Crippen LogP contribution in [-0.4, -0.2) is 26.1 Å². The Bertz CT molecular complexity index is 816. The molecule has 0 spiro atoms. The molecule has 0 unspecified atom stereocenters. The lowest BCUT2D eigenvalue weighted by atomic mass is 10.2. The molecule has 2 rings (SSSR count). The minimum atomic E-state index is -4.76. The largest absolute Gasteiger partial charge is 0.573 e. The van der Waals surface area contributed by atoms with Gasteiger partial charge in [0.05, 0.1) is 0 Å². The molecule has 4 nitrogen and oxygen atoms in total. The Kier molecular flexibility index (Phi) is 5.86. The molecular weight excluding hydrogens is 355 g/mol. The number of rotatable bonds is 6. The number of hydrogen-bond acceptors (Lipinski definition) is 3. The second-order valence-corrected chi connectivity index (χ2v) is 7.13. The molecule has 0 aliphatic rings. The minimum Gasteiger partial charge on any atom is -0.406 e. The van der Waals surface area contributed by atoms with Crippen molar-refractivity contribution in [3.05, 3.63) is 71.1 Å². The molecule has 2 aromatic rings. The zero-order valence-corrected chi connectivity index (χ0v) is 14.1. The molecule has 0 radical (unpaired) electrons. The van der Waals surface area contributed by atoms with Gasteiger partial charge in [0.2, 0.25) is 10.0 Å². The fourth-order valence-corrected chi connectivity index (χ4v) is 2.84. The third-order valence-corrected chi connectivity index (χ3v) is 4.71. The second kappa shape index (κ2) is 7.71. The van der Waals surface area contributed by atoms with Gasteiger partial charge in [-0.1, -0.05) is 42.5 Å². The minimum absolute atomic E-state index is 0.0216. The van der Waals surface area contributed by atoms with Crippen molar-refractivity contribution in [2.75, 3.05) is 7.05 Å². The summed E-state index contributed by atoms with van der Waals surface area (Å²) in [6.45, 7) is 0.0216. The summed E-state index contributed by atoms with van der Waals surface area (Å²) in [4.78, 5) is 0. The Morgan fingerprint density at radius 1 is 1.04 bits per heavy atom. The summed E-state index contributed by atoms with van der Waals surface area (Å²) in [6, 6.07) is 14.0. The van der Waals surface area contributed by atoms with E-state index >= 15 is 0 Å². The van der Waals surface area contributed by atoms with E-state index in [0.717, 1.165) is 27.4 Å². The zero-order valence-electron chi connectivity index (χ0n) is 13.3. The maximum Gasteiger partial charge on any atom is 0.573 e. The second-order valence-electron chi connectivity index (χ2n) is 5.21. The maximum absolute atomic E-state index is 12.2. The van der Waals surface area contributed by atoms with Crippen molar-refractivity contribution >= 4 is 16.1 Å². The number of nitrogens with zero attached hydrogens (tertiary/aromatic N) is 1. The van der Waals surface area contributed by atoms with Crippen molar-refractivity contribution < 1.29 is 26.3 Å². The molecule has 0 heterocycles. The molecule has 0 saturated carbocycles. The van der Waals surface area contributed by atoms with Gasteiger partial charge in [-0.15, -0.1) is 13.2 Å². The van der Waals surface area contributed by atoms with Gasteiger partial charge in [0.15, 0.2) is 0 Å². The Balaban J connectivity index is 2.03. The predicted octanol–water partition coefficient (Wildman–Crippen LogP) is 4.02. The SMILES string of the molecule is CN(Cc1ccc(OC(F)(F)F)cc1)S(=O)(=O)C=Cc1ccccc1. The topological polar surface area (TPSA) is 46.6 Å². The first-order chi connectivity index (χ1) is 11.7. The summed E-state index contributed by atoms with van der Waals surface area (Å²) in [6.07, 6.45) is -3.28. The molecule has 0 aliphatic carbocycles. The van der Waals surface area contributed by atoms with Gasteiger partial charge < -0.3 is 4.74 Å². The lowest BCUT2D eigenvalue weighted by Crippen LogP contribution is -2.24. The van der Waals surface area contributed by atoms with E-state index in [-0.39, 0.29) is 12.3 Å². The van der Waals surface area contributed by atoms with Gasteiger partial charge in [-0.05, 0) is 29.3 Å². The smallest absolute Gasteiger partial charge is 0.406 e. The molecule has 0 amide bonds. The van der Waals surface area contributed by atoms with Gasteiger partial charge in [-0.2, -0.15) is 4.31 Å². The van der Waals surface area contributed by atoms with Crippen LogP contribution in [0, 0.1) is 0 Å². The molecule has 25 heavy (non-hydrogen) atoms. The number of benzene rings is 2. The normalized spacial score (nSPS) is 12.7. The molecule has 0 saturated heterocycles. The number of alkyl halides is 3. The molecule has 0 bridgehead atoms. The third kappa shape index (κ3) is 6.24. The summed E-state index contributed by atoms with van der Waals surface area (Å²) in [5.41, 5.74) is 1.28. The zero-order chi connectivity index (χ0) is 18.5. The van der Waals surface area contributed by atoms with E-state index in [1.165, 1.54) is 25.3 Å². The molecule has 134 valence electrons. The summed E-state index contributed by atoms with van der Waals surface area (Å²) in [5.74, 6) is -0.356. The monoisotopic (exact) mass is 371 g/mol. The van der Waals surface area contributed by atoms with Gasteiger partial charge >= 0.3 is 6.36 Å². The van der Waals surface area contributed by atoms with E-state index in [0.29, 0.717) is 5.56 Å². The summed E-state index contributed by atoms with van der Waals surface area (Å²) in [5, 5.41) is 1.09. The summed E-state index contributed by atoms with van der Waals surface area (Å²) in [7, 11) is -2.26. The number of hydrogen-bond donors (Lipinski definition) is 0. The fraction of sp³-hybridized carbons (Fsp3) is 0.176.